The summed E-state index contributed by atoms with van der Waals surface area (Å²) in [7, 11) is 0. The van der Waals surface area contributed by atoms with Crippen LogP contribution in [-0.2, 0) is 0 Å². The van der Waals surface area contributed by atoms with E-state index in [0.717, 1.165) is 35.5 Å². The number of rotatable bonds is 13. The summed E-state index contributed by atoms with van der Waals surface area (Å²) in [5, 5.41) is 0. The maximum absolute atomic E-state index is 2.34. The summed E-state index contributed by atoms with van der Waals surface area (Å²) in [5.41, 5.74) is 0. The van der Waals surface area contributed by atoms with E-state index in [1.807, 2.05) is 0 Å². The summed E-state index contributed by atoms with van der Waals surface area (Å²) in [6.07, 6.45) is 35.3. The van der Waals surface area contributed by atoms with Crippen molar-refractivity contribution >= 4 is 0 Å². The molecule has 31 heavy (non-hydrogen) atoms. The minimum absolute atomic E-state index is 1.09. The molecule has 0 bridgehead atoms. The lowest BCUT2D eigenvalue weighted by molar-refractivity contribution is 0.135. The maximum Gasteiger partial charge on any atom is -0.0386 e. The Kier molecular flexibility index (Phi) is 12.4. The van der Waals surface area contributed by atoms with Gasteiger partial charge in [0.25, 0.3) is 0 Å². The highest BCUT2D eigenvalue weighted by atomic mass is 14.4. The molecule has 3 aliphatic carbocycles. The van der Waals surface area contributed by atoms with E-state index >= 15 is 0 Å². The topological polar surface area (TPSA) is 0 Å². The Morgan fingerprint density at radius 1 is 0.355 bits per heavy atom. The molecule has 0 amide bonds. The van der Waals surface area contributed by atoms with Crippen LogP contribution in [0.15, 0.2) is 0 Å². The van der Waals surface area contributed by atoms with Crippen LogP contribution in [0.4, 0.5) is 0 Å². The number of hydrogen-bond acceptors (Lipinski definition) is 0. The third-order valence-corrected chi connectivity index (χ3v) is 10.1. The second-order valence-electron chi connectivity index (χ2n) is 12.4. The molecule has 0 aromatic heterocycles. The number of hydrogen-bond donors (Lipinski definition) is 0. The van der Waals surface area contributed by atoms with Crippen LogP contribution >= 0.6 is 0 Å². The van der Waals surface area contributed by atoms with Crippen LogP contribution in [0.1, 0.15) is 162 Å². The summed E-state index contributed by atoms with van der Waals surface area (Å²) in [6.45, 7) is 4.67. The minimum Gasteiger partial charge on any atom is -0.0654 e. The molecule has 0 saturated heterocycles. The van der Waals surface area contributed by atoms with Gasteiger partial charge in [-0.1, -0.05) is 136 Å². The van der Waals surface area contributed by atoms with Crippen molar-refractivity contribution in [3.63, 3.8) is 0 Å². The van der Waals surface area contributed by atoms with Gasteiger partial charge >= 0.3 is 0 Å². The van der Waals surface area contributed by atoms with Crippen molar-refractivity contribution in [1.82, 2.24) is 0 Å². The molecule has 3 rings (SSSR count). The van der Waals surface area contributed by atoms with E-state index in [1.54, 1.807) is 89.9 Å². The van der Waals surface area contributed by atoms with Gasteiger partial charge in [-0.2, -0.15) is 0 Å². The maximum atomic E-state index is 2.34. The van der Waals surface area contributed by atoms with E-state index in [2.05, 4.69) is 13.8 Å². The van der Waals surface area contributed by atoms with Crippen molar-refractivity contribution in [1.29, 1.82) is 0 Å². The minimum atomic E-state index is 1.09. The second kappa shape index (κ2) is 15.0. The fourth-order valence-corrected chi connectivity index (χ4v) is 7.72. The highest BCUT2D eigenvalue weighted by molar-refractivity contribution is 4.83. The van der Waals surface area contributed by atoms with Crippen LogP contribution in [-0.4, -0.2) is 0 Å². The average Bonchev–Trinajstić information content (AvgIpc) is 2.82. The smallest absolute Gasteiger partial charge is 0.0386 e. The van der Waals surface area contributed by atoms with Gasteiger partial charge in [-0.3, -0.25) is 0 Å². The first-order valence-electron chi connectivity index (χ1n) is 15.3. The summed E-state index contributed by atoms with van der Waals surface area (Å²) in [4.78, 5) is 0. The van der Waals surface area contributed by atoms with Crippen molar-refractivity contribution in [3.05, 3.63) is 0 Å². The van der Waals surface area contributed by atoms with Crippen LogP contribution in [0.2, 0.25) is 0 Å². The predicted molar refractivity (Wildman–Crippen MR) is 138 cm³/mol. The van der Waals surface area contributed by atoms with Crippen molar-refractivity contribution < 1.29 is 0 Å². The van der Waals surface area contributed by atoms with E-state index in [-0.39, 0.29) is 0 Å². The fourth-order valence-electron chi connectivity index (χ4n) is 7.72. The second-order valence-corrected chi connectivity index (χ2v) is 12.4. The molecule has 3 saturated carbocycles. The molecule has 0 aromatic carbocycles. The standard InChI is InChI=1S/C31H58/c1-3-5-7-9-11-26-12-14-28(15-13-26)16-17-29-20-24-31(25-21-29)30-22-18-27(19-23-30)10-8-6-4-2/h26-31H,3-25H2,1-2H3. The largest absolute Gasteiger partial charge is 0.0654 e. The fraction of sp³-hybridized carbons (Fsp3) is 1.00. The zero-order chi connectivity index (χ0) is 21.7. The van der Waals surface area contributed by atoms with Crippen LogP contribution in [0, 0.1) is 35.5 Å². The first-order chi connectivity index (χ1) is 15.3. The van der Waals surface area contributed by atoms with Gasteiger partial charge in [-0.25, -0.2) is 0 Å². The molecule has 0 aromatic rings. The SMILES string of the molecule is CCCCCCC1CCC(CCC2CCC(C3CCC(CCCCC)CC3)CC2)CC1. The molecular weight excluding hydrogens is 372 g/mol. The van der Waals surface area contributed by atoms with Crippen LogP contribution in [0.3, 0.4) is 0 Å². The van der Waals surface area contributed by atoms with Gasteiger partial charge in [0, 0.05) is 0 Å². The molecule has 0 N–H and O–H groups in total. The summed E-state index contributed by atoms with van der Waals surface area (Å²) in [5.74, 6) is 6.57. The molecule has 0 unspecified atom stereocenters. The van der Waals surface area contributed by atoms with Gasteiger partial charge in [-0.05, 0) is 61.2 Å². The Bertz CT molecular complexity index is 415. The van der Waals surface area contributed by atoms with Gasteiger partial charge in [0.15, 0.2) is 0 Å². The Balaban J connectivity index is 1.21. The summed E-state index contributed by atoms with van der Waals surface area (Å²) >= 11 is 0. The summed E-state index contributed by atoms with van der Waals surface area (Å²) in [6, 6.07) is 0. The lowest BCUT2D eigenvalue weighted by Crippen LogP contribution is -2.26. The molecule has 0 spiro atoms. The molecule has 0 atom stereocenters. The van der Waals surface area contributed by atoms with E-state index < -0.39 is 0 Å². The average molecular weight is 431 g/mol. The molecule has 0 aliphatic heterocycles. The third kappa shape index (κ3) is 9.41. The van der Waals surface area contributed by atoms with Crippen LogP contribution in [0.25, 0.3) is 0 Å². The highest BCUT2D eigenvalue weighted by Gasteiger charge is 2.31. The Morgan fingerprint density at radius 2 is 0.677 bits per heavy atom. The summed E-state index contributed by atoms with van der Waals surface area (Å²) < 4.78 is 0. The molecule has 182 valence electrons. The first-order valence-corrected chi connectivity index (χ1v) is 15.3. The van der Waals surface area contributed by atoms with Gasteiger partial charge in [0.2, 0.25) is 0 Å². The first kappa shape index (κ1) is 25.6. The van der Waals surface area contributed by atoms with E-state index in [1.165, 1.54) is 57.8 Å². The van der Waals surface area contributed by atoms with Crippen LogP contribution < -0.4 is 0 Å². The van der Waals surface area contributed by atoms with Gasteiger partial charge in [-0.15, -0.1) is 0 Å². The van der Waals surface area contributed by atoms with Crippen molar-refractivity contribution in [2.75, 3.05) is 0 Å². The number of unbranched alkanes of at least 4 members (excludes halogenated alkanes) is 5. The van der Waals surface area contributed by atoms with Crippen molar-refractivity contribution in [2.24, 2.45) is 35.5 Å². The van der Waals surface area contributed by atoms with E-state index in [9.17, 15) is 0 Å². The van der Waals surface area contributed by atoms with E-state index in [0.29, 0.717) is 0 Å². The Morgan fingerprint density at radius 3 is 1.10 bits per heavy atom. The molecule has 0 radical (unpaired) electrons. The normalized spacial score (nSPS) is 34.6. The van der Waals surface area contributed by atoms with Crippen LogP contribution in [0.5, 0.6) is 0 Å². The van der Waals surface area contributed by atoms with Crippen molar-refractivity contribution in [2.45, 2.75) is 162 Å². The van der Waals surface area contributed by atoms with Gasteiger partial charge in [0.05, 0.1) is 0 Å². The molecule has 3 fully saturated rings. The monoisotopic (exact) mass is 430 g/mol. The zero-order valence-corrected chi connectivity index (χ0v) is 21.7. The lowest BCUT2D eigenvalue weighted by atomic mass is 9.68. The third-order valence-electron chi connectivity index (χ3n) is 10.1. The highest BCUT2D eigenvalue weighted by Crippen LogP contribution is 2.44. The quantitative estimate of drug-likeness (QED) is 0.255. The van der Waals surface area contributed by atoms with Gasteiger partial charge < -0.3 is 0 Å². The van der Waals surface area contributed by atoms with Crippen molar-refractivity contribution in [3.8, 4) is 0 Å². The predicted octanol–water partition coefficient (Wildman–Crippen LogP) is 10.7. The Hall–Kier alpha value is 0. The molecule has 3 aliphatic rings. The zero-order valence-electron chi connectivity index (χ0n) is 21.7. The lowest BCUT2D eigenvalue weighted by Gasteiger charge is -2.38. The molecular formula is C31H58. The van der Waals surface area contributed by atoms with E-state index in [4.69, 9.17) is 0 Å². The Labute approximate surface area is 197 Å². The molecule has 0 nitrogen and oxygen atoms in total. The molecule has 0 heteroatoms. The van der Waals surface area contributed by atoms with Gasteiger partial charge in [0.1, 0.15) is 0 Å². The molecule has 0 heterocycles.